The quantitative estimate of drug-likeness (QED) is 0.820. The summed E-state index contributed by atoms with van der Waals surface area (Å²) in [7, 11) is 0. The summed E-state index contributed by atoms with van der Waals surface area (Å²) in [6, 6.07) is 6.92. The van der Waals surface area contributed by atoms with Gasteiger partial charge < -0.3 is 10.1 Å². The molecule has 0 aliphatic rings. The van der Waals surface area contributed by atoms with E-state index in [-0.39, 0.29) is 5.75 Å². The van der Waals surface area contributed by atoms with Gasteiger partial charge in [-0.25, -0.2) is 4.98 Å². The third-order valence-electron chi connectivity index (χ3n) is 1.97. The number of phenolic OH excluding ortho intramolecular Hbond substituents is 1. The van der Waals surface area contributed by atoms with Gasteiger partial charge in [0, 0.05) is 11.3 Å². The second-order valence-corrected chi connectivity index (χ2v) is 3.80. The van der Waals surface area contributed by atoms with E-state index < -0.39 is 0 Å². The fourth-order valence-electron chi connectivity index (χ4n) is 1.20. The maximum atomic E-state index is 9.12. The molecule has 0 aliphatic heterocycles. The Morgan fingerprint density at radius 1 is 1.29 bits per heavy atom. The third kappa shape index (κ3) is 1.65. The number of rotatable bonds is 1. The average Bonchev–Trinajstić information content (AvgIpc) is 2.48. The molecule has 14 heavy (non-hydrogen) atoms. The summed E-state index contributed by atoms with van der Waals surface area (Å²) in [5.41, 5.74) is 1.95. The molecule has 1 heterocycles. The summed E-state index contributed by atoms with van der Waals surface area (Å²) in [4.78, 5) is 7.43. The standard InChI is InChI=1S/C10H9BrN2O/c1-6-9(11)13-10(12-6)7-2-4-8(14)5-3-7/h2-5,14H,1H3,(H,12,13). The van der Waals surface area contributed by atoms with Crippen LogP contribution in [-0.2, 0) is 0 Å². The van der Waals surface area contributed by atoms with E-state index in [0.29, 0.717) is 0 Å². The minimum Gasteiger partial charge on any atom is -0.508 e. The number of nitrogens with one attached hydrogen (secondary N) is 1. The van der Waals surface area contributed by atoms with Crippen LogP contribution in [0.1, 0.15) is 5.69 Å². The monoisotopic (exact) mass is 252 g/mol. The summed E-state index contributed by atoms with van der Waals surface area (Å²) in [6.07, 6.45) is 0. The van der Waals surface area contributed by atoms with E-state index in [1.54, 1.807) is 12.1 Å². The van der Waals surface area contributed by atoms with Crippen molar-refractivity contribution in [2.24, 2.45) is 0 Å². The van der Waals surface area contributed by atoms with Gasteiger partial charge in [-0.3, -0.25) is 0 Å². The predicted molar refractivity (Wildman–Crippen MR) is 58.1 cm³/mol. The first-order valence-corrected chi connectivity index (χ1v) is 4.97. The van der Waals surface area contributed by atoms with Crippen molar-refractivity contribution in [2.45, 2.75) is 6.92 Å². The van der Waals surface area contributed by atoms with Gasteiger partial charge in [0.05, 0.1) is 0 Å². The van der Waals surface area contributed by atoms with E-state index in [4.69, 9.17) is 5.11 Å². The topological polar surface area (TPSA) is 48.9 Å². The first kappa shape index (κ1) is 9.27. The number of halogens is 1. The molecule has 1 aromatic carbocycles. The zero-order valence-corrected chi connectivity index (χ0v) is 9.17. The van der Waals surface area contributed by atoms with Crippen LogP contribution in [-0.4, -0.2) is 15.1 Å². The van der Waals surface area contributed by atoms with Crippen molar-refractivity contribution < 1.29 is 5.11 Å². The molecule has 2 aromatic rings. The zero-order chi connectivity index (χ0) is 10.1. The second kappa shape index (κ2) is 3.46. The first-order chi connectivity index (χ1) is 6.66. The van der Waals surface area contributed by atoms with Crippen LogP contribution in [0, 0.1) is 6.92 Å². The van der Waals surface area contributed by atoms with Gasteiger partial charge >= 0.3 is 0 Å². The predicted octanol–water partition coefficient (Wildman–Crippen LogP) is 2.85. The largest absolute Gasteiger partial charge is 0.508 e. The minimum absolute atomic E-state index is 0.260. The van der Waals surface area contributed by atoms with E-state index in [2.05, 4.69) is 25.9 Å². The lowest BCUT2D eigenvalue weighted by Crippen LogP contribution is -1.79. The molecule has 0 amide bonds. The van der Waals surface area contributed by atoms with Crippen LogP contribution in [0.4, 0.5) is 0 Å². The first-order valence-electron chi connectivity index (χ1n) is 4.18. The van der Waals surface area contributed by atoms with Gasteiger partial charge in [-0.2, -0.15) is 0 Å². The molecule has 1 aromatic heterocycles. The highest BCUT2D eigenvalue weighted by molar-refractivity contribution is 9.10. The molecular weight excluding hydrogens is 244 g/mol. The van der Waals surface area contributed by atoms with Crippen molar-refractivity contribution in [3.8, 4) is 17.1 Å². The summed E-state index contributed by atoms with van der Waals surface area (Å²) in [6.45, 7) is 1.95. The molecule has 0 atom stereocenters. The number of hydrogen-bond acceptors (Lipinski definition) is 2. The zero-order valence-electron chi connectivity index (χ0n) is 7.58. The minimum atomic E-state index is 0.260. The van der Waals surface area contributed by atoms with Gasteiger partial charge in [-0.05, 0) is 47.1 Å². The van der Waals surface area contributed by atoms with Crippen molar-refractivity contribution in [3.05, 3.63) is 34.6 Å². The molecule has 0 aliphatic carbocycles. The second-order valence-electron chi connectivity index (χ2n) is 3.05. The van der Waals surface area contributed by atoms with E-state index in [0.717, 1.165) is 21.7 Å². The van der Waals surface area contributed by atoms with E-state index in [9.17, 15) is 0 Å². The van der Waals surface area contributed by atoms with Crippen molar-refractivity contribution in [3.63, 3.8) is 0 Å². The molecule has 0 saturated heterocycles. The third-order valence-corrected chi connectivity index (χ3v) is 2.74. The summed E-state index contributed by atoms with van der Waals surface area (Å²) >= 11 is 3.34. The lowest BCUT2D eigenvalue weighted by molar-refractivity contribution is 0.475. The number of aromatic nitrogens is 2. The van der Waals surface area contributed by atoms with E-state index in [1.165, 1.54) is 0 Å². The molecule has 72 valence electrons. The van der Waals surface area contributed by atoms with Gasteiger partial charge in [-0.1, -0.05) is 0 Å². The van der Waals surface area contributed by atoms with Gasteiger partial charge in [0.1, 0.15) is 16.2 Å². The lowest BCUT2D eigenvalue weighted by atomic mass is 10.2. The molecule has 0 fully saturated rings. The Balaban J connectivity index is 2.44. The highest BCUT2D eigenvalue weighted by Crippen LogP contribution is 2.22. The van der Waals surface area contributed by atoms with Gasteiger partial charge in [0.15, 0.2) is 0 Å². The smallest absolute Gasteiger partial charge is 0.138 e. The molecule has 3 nitrogen and oxygen atoms in total. The van der Waals surface area contributed by atoms with Crippen LogP contribution in [0.5, 0.6) is 5.75 Å². The normalized spacial score (nSPS) is 10.4. The van der Waals surface area contributed by atoms with Crippen molar-refractivity contribution in [1.29, 1.82) is 0 Å². The number of aromatic hydroxyl groups is 1. The van der Waals surface area contributed by atoms with Crippen LogP contribution >= 0.6 is 15.9 Å². The summed E-state index contributed by atoms with van der Waals surface area (Å²) in [5.74, 6) is 1.06. The Labute approximate surface area is 89.9 Å². The van der Waals surface area contributed by atoms with E-state index >= 15 is 0 Å². The van der Waals surface area contributed by atoms with E-state index in [1.807, 2.05) is 19.1 Å². The van der Waals surface area contributed by atoms with Gasteiger partial charge in [-0.15, -0.1) is 0 Å². The number of imidazole rings is 1. The molecule has 0 spiro atoms. The Morgan fingerprint density at radius 2 is 1.93 bits per heavy atom. The number of phenols is 1. The van der Waals surface area contributed by atoms with Gasteiger partial charge in [0.25, 0.3) is 0 Å². The molecule has 0 unspecified atom stereocenters. The number of aryl methyl sites for hydroxylation is 1. The SMILES string of the molecule is Cc1[nH]c(-c2ccc(O)cc2)nc1Br. The number of aromatic amines is 1. The Hall–Kier alpha value is -1.29. The maximum Gasteiger partial charge on any atom is 0.138 e. The molecule has 0 radical (unpaired) electrons. The molecule has 2 rings (SSSR count). The summed E-state index contributed by atoms with van der Waals surface area (Å²) in [5, 5.41) is 9.12. The lowest BCUT2D eigenvalue weighted by Gasteiger charge is -1.96. The van der Waals surface area contributed by atoms with Crippen molar-refractivity contribution in [1.82, 2.24) is 9.97 Å². The molecular formula is C10H9BrN2O. The number of H-pyrrole nitrogens is 1. The van der Waals surface area contributed by atoms with Crippen LogP contribution < -0.4 is 0 Å². The van der Waals surface area contributed by atoms with Gasteiger partial charge in [0.2, 0.25) is 0 Å². The highest BCUT2D eigenvalue weighted by Gasteiger charge is 2.05. The Bertz CT molecular complexity index is 428. The fraction of sp³-hybridized carbons (Fsp3) is 0.100. The van der Waals surface area contributed by atoms with Crippen molar-refractivity contribution >= 4 is 15.9 Å². The number of benzene rings is 1. The Kier molecular flexibility index (Phi) is 2.29. The van der Waals surface area contributed by atoms with Crippen molar-refractivity contribution in [2.75, 3.05) is 0 Å². The van der Waals surface area contributed by atoms with Crippen LogP contribution in [0.15, 0.2) is 28.9 Å². The number of hydrogen-bond donors (Lipinski definition) is 2. The molecule has 0 bridgehead atoms. The average molecular weight is 253 g/mol. The highest BCUT2D eigenvalue weighted by atomic mass is 79.9. The fourth-order valence-corrected chi connectivity index (χ4v) is 1.47. The van der Waals surface area contributed by atoms with Crippen LogP contribution in [0.3, 0.4) is 0 Å². The molecule has 4 heteroatoms. The summed E-state index contributed by atoms with van der Waals surface area (Å²) < 4.78 is 0.820. The Morgan fingerprint density at radius 3 is 2.43 bits per heavy atom. The van der Waals surface area contributed by atoms with Crippen LogP contribution in [0.25, 0.3) is 11.4 Å². The molecule has 2 N–H and O–H groups in total. The number of nitrogens with zero attached hydrogens (tertiary/aromatic N) is 1. The maximum absolute atomic E-state index is 9.12. The molecule has 0 saturated carbocycles. The van der Waals surface area contributed by atoms with Crippen LogP contribution in [0.2, 0.25) is 0 Å².